The van der Waals surface area contributed by atoms with E-state index in [1.54, 1.807) is 6.33 Å². The van der Waals surface area contributed by atoms with Crippen molar-refractivity contribution in [1.29, 1.82) is 0 Å². The van der Waals surface area contributed by atoms with Crippen LogP contribution in [0.4, 0.5) is 0 Å². The van der Waals surface area contributed by atoms with E-state index in [4.69, 9.17) is 0 Å². The standard InChI is InChI=1S/C10H14N4/c1-2-3-4-6-14-7-5-9-10(13-14)12-8-11-9/h5,7-8H,2-4,6H2,1H3. The zero-order valence-corrected chi connectivity index (χ0v) is 8.35. The summed E-state index contributed by atoms with van der Waals surface area (Å²) in [6, 6.07) is 1.96. The van der Waals surface area contributed by atoms with Gasteiger partial charge in [-0.3, -0.25) is 4.68 Å². The minimum absolute atomic E-state index is 0.740. The van der Waals surface area contributed by atoms with Gasteiger partial charge < -0.3 is 0 Å². The van der Waals surface area contributed by atoms with E-state index < -0.39 is 0 Å². The number of aromatic nitrogens is 4. The maximum Gasteiger partial charge on any atom is 0.199 e. The molecule has 74 valence electrons. The number of rotatable bonds is 4. The molecule has 0 amide bonds. The van der Waals surface area contributed by atoms with Gasteiger partial charge in [-0.1, -0.05) is 19.8 Å². The number of fused-ring (bicyclic) bond motifs is 1. The second-order valence-corrected chi connectivity index (χ2v) is 3.37. The van der Waals surface area contributed by atoms with Crippen LogP contribution in [0.5, 0.6) is 0 Å². The molecule has 0 N–H and O–H groups in total. The molecule has 0 radical (unpaired) electrons. The van der Waals surface area contributed by atoms with Crippen molar-refractivity contribution in [2.45, 2.75) is 32.7 Å². The van der Waals surface area contributed by atoms with Crippen LogP contribution in [0.3, 0.4) is 0 Å². The van der Waals surface area contributed by atoms with Crippen LogP contribution in [0, 0.1) is 0 Å². The third-order valence-electron chi connectivity index (χ3n) is 2.22. The first kappa shape index (κ1) is 9.12. The lowest BCUT2D eigenvalue weighted by Gasteiger charge is -2.05. The first-order chi connectivity index (χ1) is 6.90. The van der Waals surface area contributed by atoms with Crippen molar-refractivity contribution in [1.82, 2.24) is 19.7 Å². The summed E-state index contributed by atoms with van der Waals surface area (Å²) in [5, 5.41) is 4.35. The minimum Gasteiger partial charge on any atom is -0.271 e. The molecule has 4 nitrogen and oxygen atoms in total. The SMILES string of the molecule is CCCCCn1ccc2ncnc-2n1. The number of imidazole rings is 1. The fourth-order valence-electron chi connectivity index (χ4n) is 1.42. The van der Waals surface area contributed by atoms with E-state index in [-0.39, 0.29) is 0 Å². The Kier molecular flexibility index (Phi) is 2.72. The highest BCUT2D eigenvalue weighted by atomic mass is 15.3. The molecule has 0 unspecified atom stereocenters. The molecule has 0 aromatic rings. The first-order valence-corrected chi connectivity index (χ1v) is 5.04. The summed E-state index contributed by atoms with van der Waals surface area (Å²) in [5.74, 6) is 0.740. The Labute approximate surface area is 83.3 Å². The number of aryl methyl sites for hydroxylation is 1. The van der Waals surface area contributed by atoms with E-state index in [2.05, 4.69) is 22.0 Å². The third-order valence-corrected chi connectivity index (χ3v) is 2.22. The van der Waals surface area contributed by atoms with Crippen LogP contribution in [-0.2, 0) is 6.54 Å². The van der Waals surface area contributed by atoms with E-state index >= 15 is 0 Å². The third kappa shape index (κ3) is 1.89. The summed E-state index contributed by atoms with van der Waals surface area (Å²) in [5.41, 5.74) is 0.872. The maximum absolute atomic E-state index is 4.35. The number of unbranched alkanes of at least 4 members (excludes halogenated alkanes) is 2. The van der Waals surface area contributed by atoms with Gasteiger partial charge in [0, 0.05) is 12.7 Å². The Morgan fingerprint density at radius 3 is 3.07 bits per heavy atom. The molecule has 0 saturated heterocycles. The number of hydrogen-bond acceptors (Lipinski definition) is 3. The molecule has 0 aromatic carbocycles. The summed E-state index contributed by atoms with van der Waals surface area (Å²) in [6.07, 6.45) is 7.17. The van der Waals surface area contributed by atoms with Gasteiger partial charge in [0.05, 0.1) is 0 Å². The van der Waals surface area contributed by atoms with Crippen LogP contribution in [-0.4, -0.2) is 19.7 Å². The quantitative estimate of drug-likeness (QED) is 0.692. The summed E-state index contributed by atoms with van der Waals surface area (Å²) in [6.45, 7) is 3.17. The zero-order valence-electron chi connectivity index (χ0n) is 8.35. The second-order valence-electron chi connectivity index (χ2n) is 3.37. The summed E-state index contributed by atoms with van der Waals surface area (Å²) >= 11 is 0. The molecule has 0 saturated carbocycles. The zero-order chi connectivity index (χ0) is 9.80. The Hall–Kier alpha value is -1.45. The topological polar surface area (TPSA) is 43.6 Å². The Morgan fingerprint density at radius 2 is 2.21 bits per heavy atom. The molecule has 2 aliphatic heterocycles. The largest absolute Gasteiger partial charge is 0.271 e. The van der Waals surface area contributed by atoms with Crippen molar-refractivity contribution >= 4 is 0 Å². The molecule has 2 rings (SSSR count). The molecule has 2 heterocycles. The average Bonchev–Trinajstić information content (AvgIpc) is 2.65. The Bertz CT molecular complexity index is 368. The van der Waals surface area contributed by atoms with Crippen LogP contribution in [0.15, 0.2) is 18.6 Å². The molecule has 0 aliphatic carbocycles. The molecule has 0 fully saturated rings. The van der Waals surface area contributed by atoms with Crippen LogP contribution in [0.25, 0.3) is 11.5 Å². The van der Waals surface area contributed by atoms with E-state index in [0.717, 1.165) is 18.1 Å². The van der Waals surface area contributed by atoms with Crippen molar-refractivity contribution < 1.29 is 0 Å². The monoisotopic (exact) mass is 190 g/mol. The van der Waals surface area contributed by atoms with Crippen LogP contribution in [0.2, 0.25) is 0 Å². The smallest absolute Gasteiger partial charge is 0.199 e. The van der Waals surface area contributed by atoms with Crippen molar-refractivity contribution in [2.24, 2.45) is 0 Å². The molecule has 4 heteroatoms. The van der Waals surface area contributed by atoms with E-state index in [1.165, 1.54) is 19.3 Å². The molecule has 0 aromatic heterocycles. The van der Waals surface area contributed by atoms with Gasteiger partial charge in [0.1, 0.15) is 12.0 Å². The molecule has 0 spiro atoms. The first-order valence-electron chi connectivity index (χ1n) is 5.04. The lowest BCUT2D eigenvalue weighted by Crippen LogP contribution is -2.05. The van der Waals surface area contributed by atoms with Crippen LogP contribution < -0.4 is 0 Å². The van der Waals surface area contributed by atoms with Crippen molar-refractivity contribution in [2.75, 3.05) is 0 Å². The van der Waals surface area contributed by atoms with Crippen LogP contribution >= 0.6 is 0 Å². The molecule has 14 heavy (non-hydrogen) atoms. The lowest BCUT2D eigenvalue weighted by molar-refractivity contribution is 0.543. The summed E-state index contributed by atoms with van der Waals surface area (Å²) in [4.78, 5) is 8.13. The fourth-order valence-corrected chi connectivity index (χ4v) is 1.42. The summed E-state index contributed by atoms with van der Waals surface area (Å²) < 4.78 is 1.94. The van der Waals surface area contributed by atoms with Crippen molar-refractivity contribution in [3.8, 4) is 11.5 Å². The normalized spacial score (nSPS) is 10.9. The van der Waals surface area contributed by atoms with Crippen molar-refractivity contribution in [3.63, 3.8) is 0 Å². The van der Waals surface area contributed by atoms with E-state index in [0.29, 0.717) is 0 Å². The number of nitrogens with zero attached hydrogens (tertiary/aromatic N) is 4. The Morgan fingerprint density at radius 1 is 1.29 bits per heavy atom. The molecular weight excluding hydrogens is 176 g/mol. The maximum atomic E-state index is 4.35. The number of hydrogen-bond donors (Lipinski definition) is 0. The van der Waals surface area contributed by atoms with Gasteiger partial charge in [0.2, 0.25) is 0 Å². The van der Waals surface area contributed by atoms with Gasteiger partial charge in [-0.25, -0.2) is 9.97 Å². The van der Waals surface area contributed by atoms with Crippen molar-refractivity contribution in [3.05, 3.63) is 18.6 Å². The van der Waals surface area contributed by atoms with Gasteiger partial charge in [0.25, 0.3) is 0 Å². The van der Waals surface area contributed by atoms with E-state index in [9.17, 15) is 0 Å². The van der Waals surface area contributed by atoms with Crippen LogP contribution in [0.1, 0.15) is 26.2 Å². The van der Waals surface area contributed by atoms with Gasteiger partial charge in [-0.05, 0) is 12.5 Å². The molecule has 2 aliphatic rings. The van der Waals surface area contributed by atoms with Gasteiger partial charge in [-0.2, -0.15) is 5.10 Å². The highest BCUT2D eigenvalue weighted by Gasteiger charge is 2.05. The Balaban J connectivity index is 2.07. The minimum atomic E-state index is 0.740. The van der Waals surface area contributed by atoms with E-state index in [1.807, 2.05) is 16.9 Å². The highest BCUT2D eigenvalue weighted by molar-refractivity contribution is 5.47. The second kappa shape index (κ2) is 4.17. The average molecular weight is 190 g/mol. The predicted octanol–water partition coefficient (Wildman–Crippen LogP) is 1.97. The fraction of sp³-hybridized carbons (Fsp3) is 0.500. The van der Waals surface area contributed by atoms with Gasteiger partial charge in [0.15, 0.2) is 5.82 Å². The predicted molar refractivity (Wildman–Crippen MR) is 54.0 cm³/mol. The molecular formula is C10H14N4. The lowest BCUT2D eigenvalue weighted by atomic mass is 10.2. The molecule has 0 atom stereocenters. The van der Waals surface area contributed by atoms with Gasteiger partial charge >= 0.3 is 0 Å². The summed E-state index contributed by atoms with van der Waals surface area (Å²) in [7, 11) is 0. The van der Waals surface area contributed by atoms with Gasteiger partial charge in [-0.15, -0.1) is 0 Å². The highest BCUT2D eigenvalue weighted by Crippen LogP contribution is 2.11. The molecule has 0 bridgehead atoms.